The van der Waals surface area contributed by atoms with Gasteiger partial charge in [0.25, 0.3) is 0 Å². The van der Waals surface area contributed by atoms with E-state index in [4.69, 9.17) is 0 Å². The summed E-state index contributed by atoms with van der Waals surface area (Å²) in [6.07, 6.45) is 0. The molecule has 0 radical (unpaired) electrons. The van der Waals surface area contributed by atoms with Crippen molar-refractivity contribution in [3.8, 4) is 0 Å². The van der Waals surface area contributed by atoms with Crippen LogP contribution in [0, 0.1) is 0 Å². The molecular weight excluding hydrogens is 330 g/mol. The number of rotatable bonds is 4. The summed E-state index contributed by atoms with van der Waals surface area (Å²) in [6.45, 7) is 3.74. The minimum Gasteiger partial charge on any atom is -0.361 e. The fraction of sp³-hybridized carbons (Fsp3) is 0.353. The zero-order valence-corrected chi connectivity index (χ0v) is 14.8. The number of thiophene rings is 1. The van der Waals surface area contributed by atoms with Crippen LogP contribution in [0.3, 0.4) is 0 Å². The van der Waals surface area contributed by atoms with Crippen molar-refractivity contribution >= 4 is 35.3 Å². The molecule has 2 heterocycles. The molecular formula is C17H22ClN3OS. The number of benzene rings is 1. The second-order valence-electron chi connectivity index (χ2n) is 5.56. The monoisotopic (exact) mass is 351 g/mol. The second-order valence-corrected chi connectivity index (χ2v) is 6.59. The maximum absolute atomic E-state index is 12.5. The van der Waals surface area contributed by atoms with E-state index in [2.05, 4.69) is 34.5 Å². The summed E-state index contributed by atoms with van der Waals surface area (Å²) in [6, 6.07) is 12.4. The molecule has 0 spiro atoms. The number of anilines is 1. The zero-order valence-electron chi connectivity index (χ0n) is 13.2. The maximum atomic E-state index is 12.5. The van der Waals surface area contributed by atoms with Crippen LogP contribution in [0.2, 0.25) is 0 Å². The van der Waals surface area contributed by atoms with Gasteiger partial charge in [0.2, 0.25) is 5.91 Å². The normalized spacial score (nSPS) is 13.7. The molecule has 4 nitrogen and oxygen atoms in total. The third-order valence-electron chi connectivity index (χ3n) is 3.93. The van der Waals surface area contributed by atoms with Crippen molar-refractivity contribution in [3.05, 3.63) is 52.2 Å². The Hall–Kier alpha value is -1.56. The molecule has 0 saturated heterocycles. The van der Waals surface area contributed by atoms with Crippen molar-refractivity contribution in [2.45, 2.75) is 13.1 Å². The SMILES string of the molecule is CN(Cc1cccs1)C(=O)CN1CCNCc2ccccc21.Cl. The average molecular weight is 352 g/mol. The topological polar surface area (TPSA) is 35.6 Å². The molecule has 1 aliphatic rings. The van der Waals surface area contributed by atoms with Gasteiger partial charge in [-0.1, -0.05) is 24.3 Å². The van der Waals surface area contributed by atoms with E-state index in [1.807, 2.05) is 29.5 Å². The van der Waals surface area contributed by atoms with E-state index < -0.39 is 0 Å². The first kappa shape index (κ1) is 17.8. The van der Waals surface area contributed by atoms with Crippen LogP contribution in [0.1, 0.15) is 10.4 Å². The first-order valence-corrected chi connectivity index (χ1v) is 8.42. The molecule has 0 fully saturated rings. The summed E-state index contributed by atoms with van der Waals surface area (Å²) in [5, 5.41) is 5.45. The van der Waals surface area contributed by atoms with Gasteiger partial charge >= 0.3 is 0 Å². The number of halogens is 1. The van der Waals surface area contributed by atoms with Crippen molar-refractivity contribution < 1.29 is 4.79 Å². The van der Waals surface area contributed by atoms with Gasteiger partial charge in [-0.2, -0.15) is 0 Å². The number of fused-ring (bicyclic) bond motifs is 1. The van der Waals surface area contributed by atoms with Gasteiger partial charge < -0.3 is 15.1 Å². The van der Waals surface area contributed by atoms with Crippen molar-refractivity contribution in [3.63, 3.8) is 0 Å². The van der Waals surface area contributed by atoms with Gasteiger partial charge in [-0.3, -0.25) is 4.79 Å². The molecule has 0 atom stereocenters. The van der Waals surface area contributed by atoms with Crippen LogP contribution in [-0.4, -0.2) is 37.5 Å². The molecule has 3 rings (SSSR count). The lowest BCUT2D eigenvalue weighted by Crippen LogP contribution is -2.39. The number of hydrogen-bond donors (Lipinski definition) is 1. The third kappa shape index (κ3) is 4.47. The first-order chi connectivity index (χ1) is 10.7. The van der Waals surface area contributed by atoms with E-state index in [1.165, 1.54) is 16.1 Å². The number of hydrogen-bond acceptors (Lipinski definition) is 4. The van der Waals surface area contributed by atoms with E-state index in [0.717, 1.165) is 19.6 Å². The van der Waals surface area contributed by atoms with Crippen LogP contribution >= 0.6 is 23.7 Å². The predicted molar refractivity (Wildman–Crippen MR) is 98.4 cm³/mol. The number of likely N-dealkylation sites (N-methyl/N-ethyl adjacent to an activating group) is 1. The molecule has 2 aromatic rings. The Morgan fingerprint density at radius 3 is 2.91 bits per heavy atom. The number of amides is 1. The summed E-state index contributed by atoms with van der Waals surface area (Å²) in [5.41, 5.74) is 2.43. The lowest BCUT2D eigenvalue weighted by atomic mass is 10.1. The Morgan fingerprint density at radius 1 is 1.30 bits per heavy atom. The van der Waals surface area contributed by atoms with Crippen molar-refractivity contribution in [1.82, 2.24) is 10.2 Å². The van der Waals surface area contributed by atoms with Crippen LogP contribution < -0.4 is 10.2 Å². The van der Waals surface area contributed by atoms with E-state index in [0.29, 0.717) is 13.1 Å². The molecule has 1 N–H and O–H groups in total. The molecule has 1 amide bonds. The molecule has 124 valence electrons. The van der Waals surface area contributed by atoms with E-state index in [1.54, 1.807) is 11.3 Å². The van der Waals surface area contributed by atoms with E-state index in [-0.39, 0.29) is 18.3 Å². The standard InChI is InChI=1S/C17H21N3OS.ClH/c1-19(12-15-6-4-10-22-15)17(21)13-20-9-8-18-11-14-5-2-3-7-16(14)20;/h2-7,10,18H,8-9,11-13H2,1H3;1H. The van der Waals surface area contributed by atoms with E-state index >= 15 is 0 Å². The number of carbonyl (C=O) groups is 1. The van der Waals surface area contributed by atoms with Gasteiger partial charge in [-0.25, -0.2) is 0 Å². The third-order valence-corrected chi connectivity index (χ3v) is 4.79. The molecule has 0 unspecified atom stereocenters. The maximum Gasteiger partial charge on any atom is 0.242 e. The summed E-state index contributed by atoms with van der Waals surface area (Å²) < 4.78 is 0. The number of nitrogens with one attached hydrogen (secondary N) is 1. The van der Waals surface area contributed by atoms with Gasteiger partial charge in [0.05, 0.1) is 13.1 Å². The van der Waals surface area contributed by atoms with Crippen LogP contribution in [0.5, 0.6) is 0 Å². The largest absolute Gasteiger partial charge is 0.361 e. The quantitative estimate of drug-likeness (QED) is 0.920. The lowest BCUT2D eigenvalue weighted by Gasteiger charge is -2.26. The minimum absolute atomic E-state index is 0. The van der Waals surface area contributed by atoms with Crippen LogP contribution in [0.15, 0.2) is 41.8 Å². The van der Waals surface area contributed by atoms with Gasteiger partial charge in [0.1, 0.15) is 0 Å². The summed E-state index contributed by atoms with van der Waals surface area (Å²) in [5.74, 6) is 0.158. The molecule has 0 saturated carbocycles. The zero-order chi connectivity index (χ0) is 15.4. The van der Waals surface area contributed by atoms with Crippen molar-refractivity contribution in [1.29, 1.82) is 0 Å². The Kier molecular flexibility index (Phi) is 6.45. The summed E-state index contributed by atoms with van der Waals surface area (Å²) >= 11 is 1.69. The number of para-hydroxylation sites is 1. The fourth-order valence-electron chi connectivity index (χ4n) is 2.70. The Balaban J connectivity index is 0.00000192. The molecule has 6 heteroatoms. The van der Waals surface area contributed by atoms with Crippen LogP contribution in [-0.2, 0) is 17.9 Å². The molecule has 1 aromatic heterocycles. The van der Waals surface area contributed by atoms with Gasteiger partial charge in [-0.05, 0) is 23.1 Å². The number of carbonyl (C=O) groups excluding carboxylic acids is 1. The van der Waals surface area contributed by atoms with Crippen LogP contribution in [0.25, 0.3) is 0 Å². The molecule has 1 aromatic carbocycles. The predicted octanol–water partition coefficient (Wildman–Crippen LogP) is 2.74. The highest BCUT2D eigenvalue weighted by Gasteiger charge is 2.19. The Labute approximate surface area is 147 Å². The highest BCUT2D eigenvalue weighted by Crippen LogP contribution is 2.22. The molecule has 0 bridgehead atoms. The first-order valence-electron chi connectivity index (χ1n) is 7.54. The van der Waals surface area contributed by atoms with E-state index in [9.17, 15) is 4.79 Å². The summed E-state index contributed by atoms with van der Waals surface area (Å²) in [7, 11) is 1.88. The lowest BCUT2D eigenvalue weighted by molar-refractivity contribution is -0.128. The highest BCUT2D eigenvalue weighted by atomic mass is 35.5. The van der Waals surface area contributed by atoms with Gasteiger partial charge in [0.15, 0.2) is 0 Å². The van der Waals surface area contributed by atoms with Crippen molar-refractivity contribution in [2.75, 3.05) is 31.6 Å². The van der Waals surface area contributed by atoms with Crippen molar-refractivity contribution in [2.24, 2.45) is 0 Å². The van der Waals surface area contributed by atoms with Gasteiger partial charge in [0, 0.05) is 37.2 Å². The summed E-state index contributed by atoms with van der Waals surface area (Å²) in [4.78, 5) is 17.7. The Bertz CT molecular complexity index is 633. The second kappa shape index (κ2) is 8.34. The smallest absolute Gasteiger partial charge is 0.242 e. The minimum atomic E-state index is 0. The average Bonchev–Trinajstić information content (AvgIpc) is 2.95. The van der Waals surface area contributed by atoms with Crippen LogP contribution in [0.4, 0.5) is 5.69 Å². The Morgan fingerprint density at radius 2 is 2.13 bits per heavy atom. The molecule has 0 aliphatic carbocycles. The molecule has 1 aliphatic heterocycles. The highest BCUT2D eigenvalue weighted by molar-refractivity contribution is 7.09. The number of nitrogens with zero attached hydrogens (tertiary/aromatic N) is 2. The fourth-order valence-corrected chi connectivity index (χ4v) is 3.46. The molecule has 23 heavy (non-hydrogen) atoms. The van der Waals surface area contributed by atoms with Gasteiger partial charge in [-0.15, -0.1) is 23.7 Å².